The van der Waals surface area contributed by atoms with Crippen molar-refractivity contribution in [3.63, 3.8) is 0 Å². The zero-order valence-corrected chi connectivity index (χ0v) is 11.0. The van der Waals surface area contributed by atoms with Crippen LogP contribution >= 0.6 is 0 Å². The fraction of sp³-hybridized carbons (Fsp3) is 0.125. The van der Waals surface area contributed by atoms with Gasteiger partial charge in [-0.1, -0.05) is 24.3 Å². The second kappa shape index (κ2) is 6.39. The van der Waals surface area contributed by atoms with Crippen molar-refractivity contribution in [2.75, 3.05) is 6.79 Å². The lowest BCUT2D eigenvalue weighted by Crippen LogP contribution is -2.06. The fourth-order valence-corrected chi connectivity index (χ4v) is 1.66. The first-order valence-corrected chi connectivity index (χ1v) is 6.06. The Hall–Kier alpha value is -2.80. The molecule has 0 aromatic heterocycles. The smallest absolute Gasteiger partial charge is 0.305 e. The number of carbonyl (C=O) groups is 1. The Balaban J connectivity index is 2.03. The van der Waals surface area contributed by atoms with Crippen molar-refractivity contribution >= 4 is 5.97 Å². The summed E-state index contributed by atoms with van der Waals surface area (Å²) in [6.45, 7) is 1.24. The van der Waals surface area contributed by atoms with Gasteiger partial charge in [0.1, 0.15) is 5.75 Å². The van der Waals surface area contributed by atoms with Crippen molar-refractivity contribution in [2.24, 2.45) is 0 Å². The molecule has 4 heteroatoms. The highest BCUT2D eigenvalue weighted by atomic mass is 16.7. The molecule has 0 saturated carbocycles. The molecule has 0 atom stereocenters. The van der Waals surface area contributed by atoms with Crippen LogP contribution in [0.2, 0.25) is 0 Å². The van der Waals surface area contributed by atoms with Gasteiger partial charge in [0.15, 0.2) is 0 Å². The lowest BCUT2D eigenvalue weighted by molar-refractivity contribution is -0.147. The molecular weight excluding hydrogens is 254 g/mol. The molecule has 0 heterocycles. The van der Waals surface area contributed by atoms with Gasteiger partial charge >= 0.3 is 5.97 Å². The van der Waals surface area contributed by atoms with Gasteiger partial charge in [-0.25, -0.2) is 0 Å². The van der Waals surface area contributed by atoms with Gasteiger partial charge in [0, 0.05) is 6.92 Å². The summed E-state index contributed by atoms with van der Waals surface area (Å²) in [5, 5.41) is 8.75. The van der Waals surface area contributed by atoms with Gasteiger partial charge in [-0.3, -0.25) is 4.79 Å². The van der Waals surface area contributed by atoms with E-state index in [0.717, 1.165) is 11.1 Å². The van der Waals surface area contributed by atoms with Gasteiger partial charge in [-0.15, -0.1) is 0 Å². The van der Waals surface area contributed by atoms with Gasteiger partial charge in [-0.05, 0) is 35.4 Å². The Morgan fingerprint density at radius 2 is 1.60 bits per heavy atom. The zero-order chi connectivity index (χ0) is 14.4. The molecule has 4 nitrogen and oxygen atoms in total. The molecule has 0 unspecified atom stereocenters. The maximum absolute atomic E-state index is 10.6. The molecule has 0 fully saturated rings. The Labute approximate surface area is 117 Å². The van der Waals surface area contributed by atoms with E-state index in [-0.39, 0.29) is 12.8 Å². The van der Waals surface area contributed by atoms with Crippen LogP contribution in [-0.4, -0.2) is 12.8 Å². The largest absolute Gasteiger partial charge is 0.457 e. The lowest BCUT2D eigenvalue weighted by Gasteiger charge is -2.07. The summed E-state index contributed by atoms with van der Waals surface area (Å²) in [4.78, 5) is 10.6. The molecule has 0 bridgehead atoms. The molecule has 0 amide bonds. The van der Waals surface area contributed by atoms with Crippen molar-refractivity contribution in [1.29, 1.82) is 5.26 Å². The maximum Gasteiger partial charge on any atom is 0.305 e. The molecule has 0 spiro atoms. The summed E-state index contributed by atoms with van der Waals surface area (Å²) in [5.74, 6) is 0.253. The first-order chi connectivity index (χ1) is 9.69. The number of benzene rings is 2. The molecule has 2 aromatic rings. The fourth-order valence-electron chi connectivity index (χ4n) is 1.66. The van der Waals surface area contributed by atoms with E-state index in [1.54, 1.807) is 24.3 Å². The highest BCUT2D eigenvalue weighted by Gasteiger charge is 2.00. The molecule has 0 N–H and O–H groups in total. The van der Waals surface area contributed by atoms with E-state index in [1.165, 1.54) is 6.92 Å². The highest BCUT2D eigenvalue weighted by molar-refractivity contribution is 5.66. The van der Waals surface area contributed by atoms with Crippen molar-refractivity contribution in [3.8, 4) is 22.9 Å². The van der Waals surface area contributed by atoms with Crippen LogP contribution in [0, 0.1) is 11.3 Å². The number of nitriles is 1. The van der Waals surface area contributed by atoms with Crippen molar-refractivity contribution in [1.82, 2.24) is 0 Å². The minimum atomic E-state index is -0.376. The summed E-state index contributed by atoms with van der Waals surface area (Å²) >= 11 is 0. The topological polar surface area (TPSA) is 59.3 Å². The van der Waals surface area contributed by atoms with Crippen molar-refractivity contribution in [2.45, 2.75) is 6.92 Å². The van der Waals surface area contributed by atoms with E-state index >= 15 is 0 Å². The molecule has 100 valence electrons. The zero-order valence-electron chi connectivity index (χ0n) is 11.0. The monoisotopic (exact) mass is 267 g/mol. The third-order valence-corrected chi connectivity index (χ3v) is 2.69. The quantitative estimate of drug-likeness (QED) is 0.630. The number of ether oxygens (including phenoxy) is 2. The van der Waals surface area contributed by atoms with Crippen molar-refractivity contribution < 1.29 is 14.3 Å². The van der Waals surface area contributed by atoms with Gasteiger partial charge in [-0.2, -0.15) is 5.26 Å². The van der Waals surface area contributed by atoms with E-state index in [4.69, 9.17) is 14.7 Å². The summed E-state index contributed by atoms with van der Waals surface area (Å²) in [5.41, 5.74) is 2.68. The number of hydrogen-bond acceptors (Lipinski definition) is 4. The van der Waals surface area contributed by atoms with Crippen LogP contribution in [0.1, 0.15) is 12.5 Å². The highest BCUT2D eigenvalue weighted by Crippen LogP contribution is 2.22. The Bertz CT molecular complexity index is 624. The molecule has 0 saturated heterocycles. The van der Waals surface area contributed by atoms with Crippen molar-refractivity contribution in [3.05, 3.63) is 54.1 Å². The minimum Gasteiger partial charge on any atom is -0.457 e. The summed E-state index contributed by atoms with van der Waals surface area (Å²) < 4.78 is 9.95. The average Bonchev–Trinajstić information content (AvgIpc) is 2.48. The van der Waals surface area contributed by atoms with Crippen LogP contribution in [0.4, 0.5) is 0 Å². The minimum absolute atomic E-state index is 0.0917. The third-order valence-electron chi connectivity index (χ3n) is 2.69. The van der Waals surface area contributed by atoms with E-state index in [9.17, 15) is 4.79 Å². The number of nitrogens with zero attached hydrogens (tertiary/aromatic N) is 1. The Kier molecular flexibility index (Phi) is 4.35. The predicted molar refractivity (Wildman–Crippen MR) is 73.9 cm³/mol. The normalized spacial score (nSPS) is 9.60. The van der Waals surface area contributed by atoms with Crippen LogP contribution < -0.4 is 4.74 Å². The number of rotatable bonds is 4. The van der Waals surface area contributed by atoms with Crippen LogP contribution in [0.25, 0.3) is 11.1 Å². The number of carbonyl (C=O) groups excluding carboxylic acids is 1. The summed E-state index contributed by atoms with van der Waals surface area (Å²) in [6, 6.07) is 16.9. The molecule has 20 heavy (non-hydrogen) atoms. The molecular formula is C16H13NO3. The van der Waals surface area contributed by atoms with Crippen LogP contribution in [0.5, 0.6) is 5.75 Å². The Morgan fingerprint density at radius 3 is 2.10 bits per heavy atom. The van der Waals surface area contributed by atoms with Gasteiger partial charge in [0.25, 0.3) is 0 Å². The second-order valence-electron chi connectivity index (χ2n) is 4.11. The first-order valence-electron chi connectivity index (χ1n) is 6.06. The summed E-state index contributed by atoms with van der Waals surface area (Å²) in [7, 11) is 0. The van der Waals surface area contributed by atoms with Crippen LogP contribution in [0.3, 0.4) is 0 Å². The SMILES string of the molecule is CC(=O)OCOc1ccc(-c2ccc(C#N)cc2)cc1. The van der Waals surface area contributed by atoms with Crippen LogP contribution in [-0.2, 0) is 9.53 Å². The third kappa shape index (κ3) is 3.59. The molecule has 2 aromatic carbocycles. The van der Waals surface area contributed by atoms with E-state index in [0.29, 0.717) is 11.3 Å². The van der Waals surface area contributed by atoms with E-state index < -0.39 is 0 Å². The van der Waals surface area contributed by atoms with E-state index in [2.05, 4.69) is 6.07 Å². The number of hydrogen-bond donors (Lipinski definition) is 0. The van der Waals surface area contributed by atoms with E-state index in [1.807, 2.05) is 24.3 Å². The number of esters is 1. The maximum atomic E-state index is 10.6. The van der Waals surface area contributed by atoms with Gasteiger partial charge in [0.2, 0.25) is 6.79 Å². The molecule has 0 aliphatic carbocycles. The standard InChI is InChI=1S/C16H13NO3/c1-12(18)19-11-20-16-8-6-15(7-9-16)14-4-2-13(10-17)3-5-14/h2-9H,11H2,1H3. The second-order valence-corrected chi connectivity index (χ2v) is 4.11. The molecule has 0 radical (unpaired) electrons. The molecule has 2 rings (SSSR count). The average molecular weight is 267 g/mol. The van der Waals surface area contributed by atoms with Crippen LogP contribution in [0.15, 0.2) is 48.5 Å². The van der Waals surface area contributed by atoms with Gasteiger partial charge in [0.05, 0.1) is 11.6 Å². The molecule has 0 aliphatic rings. The molecule has 0 aliphatic heterocycles. The first kappa shape index (κ1) is 13.6. The summed E-state index contributed by atoms with van der Waals surface area (Å²) in [6.07, 6.45) is 0. The van der Waals surface area contributed by atoms with Gasteiger partial charge < -0.3 is 9.47 Å². The lowest BCUT2D eigenvalue weighted by atomic mass is 10.0. The Morgan fingerprint density at radius 1 is 1.05 bits per heavy atom. The predicted octanol–water partition coefficient (Wildman–Crippen LogP) is 3.12.